The summed E-state index contributed by atoms with van der Waals surface area (Å²) in [5, 5.41) is 4.22. The molecule has 39 heavy (non-hydrogen) atoms. The summed E-state index contributed by atoms with van der Waals surface area (Å²) in [4.78, 5) is 0. The van der Waals surface area contributed by atoms with Crippen molar-refractivity contribution in [2.24, 2.45) is 16.7 Å². The fraction of sp³-hybridized carbons (Fsp3) is 0.767. The Morgan fingerprint density at radius 2 is 1.41 bits per heavy atom. The van der Waals surface area contributed by atoms with Gasteiger partial charge in [-0.25, -0.2) is 0 Å². The van der Waals surface area contributed by atoms with E-state index < -0.39 is 6.10 Å². The molecule has 2 rings (SSSR count). The van der Waals surface area contributed by atoms with Crippen LogP contribution in [0.15, 0.2) is 23.3 Å². The zero-order valence-electron chi connectivity index (χ0n) is 24.5. The summed E-state index contributed by atoms with van der Waals surface area (Å²) in [5.41, 5.74) is 7.71. The molecule has 0 radical (unpaired) electrons. The minimum Gasteiger partial charge on any atom is -0.385 e. The molecular formula is C30H52ClN3O5. The number of nitrogens with two attached hydrogens (primary N) is 2. The summed E-state index contributed by atoms with van der Waals surface area (Å²) in [6.07, 6.45) is 6.76. The van der Waals surface area contributed by atoms with Crippen LogP contribution in [0.5, 0.6) is 0 Å². The number of hydrogen-bond acceptors (Lipinski definition) is 7. The summed E-state index contributed by atoms with van der Waals surface area (Å²) in [5.74, 6) is 5.71. The van der Waals surface area contributed by atoms with Gasteiger partial charge in [-0.3, -0.25) is 0 Å². The Morgan fingerprint density at radius 3 is 2.00 bits per heavy atom. The maximum atomic E-state index is 6.82. The Hall–Kier alpha value is -1.42. The van der Waals surface area contributed by atoms with Gasteiger partial charge in [0.15, 0.2) is 0 Å². The van der Waals surface area contributed by atoms with E-state index in [0.717, 1.165) is 62.5 Å². The molecule has 0 aromatic heterocycles. The predicted octanol–water partition coefficient (Wildman–Crippen LogP) is 5.93. The standard InChI is InChI=1S/C30H52ClN3O5/c1-5-9-15-35-21-25-28(36-16-10-6-2)30(38-18-12-8-4)29(37-17-11-7-3)27(39-25)22-13-14-24(31)23(19-22)20-26(32)34-33/h13-14,19,25,27-30H,5-12,15-18,20-21,33H2,1-4H3,(H2,32,34)/t25-,27+,28-,29+,30+/m1/s1. The molecule has 0 spiro atoms. The molecule has 0 bridgehead atoms. The third-order valence-electron chi connectivity index (χ3n) is 6.92. The van der Waals surface area contributed by atoms with E-state index in [1.165, 1.54) is 0 Å². The first-order chi connectivity index (χ1) is 19.0. The van der Waals surface area contributed by atoms with E-state index in [0.29, 0.717) is 50.3 Å². The maximum absolute atomic E-state index is 6.82. The first-order valence-electron chi connectivity index (χ1n) is 14.9. The highest BCUT2D eigenvalue weighted by atomic mass is 35.5. The number of halogens is 1. The van der Waals surface area contributed by atoms with E-state index in [9.17, 15) is 0 Å². The van der Waals surface area contributed by atoms with E-state index >= 15 is 0 Å². The molecule has 1 aromatic rings. The fourth-order valence-corrected chi connectivity index (χ4v) is 4.76. The second-order valence-corrected chi connectivity index (χ2v) is 10.6. The number of nitrogens with zero attached hydrogens (tertiary/aromatic N) is 1. The molecule has 0 aliphatic carbocycles. The third kappa shape index (κ3) is 11.2. The maximum Gasteiger partial charge on any atom is 0.123 e. The van der Waals surface area contributed by atoms with Crippen LogP contribution < -0.4 is 11.6 Å². The van der Waals surface area contributed by atoms with Gasteiger partial charge < -0.3 is 35.3 Å². The summed E-state index contributed by atoms with van der Waals surface area (Å²) >= 11 is 6.52. The average Bonchev–Trinajstić information content (AvgIpc) is 2.94. The van der Waals surface area contributed by atoms with Crippen LogP contribution in [0.4, 0.5) is 0 Å². The van der Waals surface area contributed by atoms with Crippen molar-refractivity contribution >= 4 is 17.4 Å². The Balaban J connectivity index is 2.48. The van der Waals surface area contributed by atoms with E-state index in [-0.39, 0.29) is 24.4 Å². The Labute approximate surface area is 241 Å². The molecule has 1 saturated heterocycles. The van der Waals surface area contributed by atoms with Gasteiger partial charge in [0.05, 0.1) is 6.61 Å². The topological polar surface area (TPSA) is 111 Å². The lowest BCUT2D eigenvalue weighted by atomic mass is 9.89. The quantitative estimate of drug-likeness (QED) is 0.0658. The van der Waals surface area contributed by atoms with Crippen molar-refractivity contribution in [2.45, 2.75) is 116 Å². The normalized spacial score (nSPS) is 23.8. The zero-order chi connectivity index (χ0) is 28.5. The van der Waals surface area contributed by atoms with Gasteiger partial charge in [-0.1, -0.05) is 77.1 Å². The van der Waals surface area contributed by atoms with Crippen LogP contribution in [0, 0.1) is 0 Å². The minimum atomic E-state index is -0.397. The number of benzene rings is 1. The molecule has 8 nitrogen and oxygen atoms in total. The Morgan fingerprint density at radius 1 is 0.846 bits per heavy atom. The predicted molar refractivity (Wildman–Crippen MR) is 158 cm³/mol. The zero-order valence-corrected chi connectivity index (χ0v) is 25.3. The van der Waals surface area contributed by atoms with Crippen molar-refractivity contribution in [1.29, 1.82) is 0 Å². The third-order valence-corrected chi connectivity index (χ3v) is 7.29. The first kappa shape index (κ1) is 33.8. The number of amidine groups is 1. The number of rotatable bonds is 20. The lowest BCUT2D eigenvalue weighted by molar-refractivity contribution is -0.268. The van der Waals surface area contributed by atoms with E-state index in [1.807, 2.05) is 18.2 Å². The smallest absolute Gasteiger partial charge is 0.123 e. The number of unbranched alkanes of at least 4 members (excludes halogenated alkanes) is 4. The van der Waals surface area contributed by atoms with Gasteiger partial charge >= 0.3 is 0 Å². The lowest BCUT2D eigenvalue weighted by Gasteiger charge is -2.46. The molecule has 9 heteroatoms. The van der Waals surface area contributed by atoms with Crippen molar-refractivity contribution in [3.05, 3.63) is 34.3 Å². The van der Waals surface area contributed by atoms with E-state index in [2.05, 4.69) is 32.8 Å². The molecule has 4 N–H and O–H groups in total. The highest BCUT2D eigenvalue weighted by molar-refractivity contribution is 6.31. The Bertz CT molecular complexity index is 828. The van der Waals surface area contributed by atoms with Crippen molar-refractivity contribution in [3.8, 4) is 0 Å². The van der Waals surface area contributed by atoms with Crippen LogP contribution in [-0.4, -0.2) is 63.3 Å². The van der Waals surface area contributed by atoms with Gasteiger partial charge in [0.25, 0.3) is 0 Å². The highest BCUT2D eigenvalue weighted by Crippen LogP contribution is 2.38. The van der Waals surface area contributed by atoms with Gasteiger partial charge in [0.2, 0.25) is 0 Å². The largest absolute Gasteiger partial charge is 0.385 e. The lowest BCUT2D eigenvalue weighted by Crippen LogP contribution is -2.58. The number of hydrazone groups is 1. The molecule has 0 saturated carbocycles. The molecule has 0 unspecified atom stereocenters. The minimum absolute atomic E-state index is 0.301. The van der Waals surface area contributed by atoms with Gasteiger partial charge in [0.1, 0.15) is 36.4 Å². The number of ether oxygens (including phenoxy) is 5. The number of hydrogen-bond donors (Lipinski definition) is 2. The van der Waals surface area contributed by atoms with Gasteiger partial charge in [-0.2, -0.15) is 5.10 Å². The molecule has 1 aliphatic heterocycles. The van der Waals surface area contributed by atoms with Gasteiger partial charge in [-0.15, -0.1) is 0 Å². The van der Waals surface area contributed by atoms with Crippen LogP contribution in [0.2, 0.25) is 5.02 Å². The van der Waals surface area contributed by atoms with Crippen molar-refractivity contribution in [3.63, 3.8) is 0 Å². The second kappa shape index (κ2) is 19.6. The summed E-state index contributed by atoms with van der Waals surface area (Å²) in [7, 11) is 0. The Kier molecular flexibility index (Phi) is 17.0. The molecule has 1 heterocycles. The average molecular weight is 570 g/mol. The van der Waals surface area contributed by atoms with Crippen molar-refractivity contribution < 1.29 is 23.7 Å². The van der Waals surface area contributed by atoms with Crippen molar-refractivity contribution in [2.75, 3.05) is 33.0 Å². The van der Waals surface area contributed by atoms with Crippen LogP contribution in [0.25, 0.3) is 0 Å². The molecule has 1 fully saturated rings. The molecule has 1 aromatic carbocycles. The van der Waals surface area contributed by atoms with Crippen LogP contribution in [0.1, 0.15) is 96.3 Å². The summed E-state index contributed by atoms with van der Waals surface area (Å²) in [6.45, 7) is 11.6. The van der Waals surface area contributed by atoms with E-state index in [1.54, 1.807) is 0 Å². The van der Waals surface area contributed by atoms with E-state index in [4.69, 9.17) is 46.9 Å². The molecule has 5 atom stereocenters. The van der Waals surface area contributed by atoms with Crippen LogP contribution >= 0.6 is 11.6 Å². The SMILES string of the molecule is CCCCOC[C@H]1O[C@@H](c2ccc(Cl)c(CC(N)=NN)c2)[C@H](OCCCC)[C@@H](OCCCC)[C@@H]1OCCCC. The fourth-order valence-electron chi connectivity index (χ4n) is 4.58. The molecule has 0 amide bonds. The summed E-state index contributed by atoms with van der Waals surface area (Å²) < 4.78 is 32.5. The highest BCUT2D eigenvalue weighted by Gasteiger charge is 2.48. The van der Waals surface area contributed by atoms with Gasteiger partial charge in [-0.05, 0) is 42.9 Å². The summed E-state index contributed by atoms with van der Waals surface area (Å²) in [6, 6.07) is 5.86. The second-order valence-electron chi connectivity index (χ2n) is 10.2. The van der Waals surface area contributed by atoms with Crippen molar-refractivity contribution in [1.82, 2.24) is 0 Å². The van der Waals surface area contributed by atoms with Crippen LogP contribution in [-0.2, 0) is 30.1 Å². The first-order valence-corrected chi connectivity index (χ1v) is 15.3. The molecule has 1 aliphatic rings. The van der Waals surface area contributed by atoms with Gasteiger partial charge in [0, 0.05) is 37.9 Å². The van der Waals surface area contributed by atoms with Crippen LogP contribution in [0.3, 0.4) is 0 Å². The molecule has 224 valence electrons. The molecular weight excluding hydrogens is 518 g/mol. The monoisotopic (exact) mass is 569 g/mol.